The summed E-state index contributed by atoms with van der Waals surface area (Å²) in [4.78, 5) is 2.40. The summed E-state index contributed by atoms with van der Waals surface area (Å²) in [6.07, 6.45) is 13.7. The number of rotatable bonds is 5. The van der Waals surface area contributed by atoms with E-state index in [4.69, 9.17) is 0 Å². The highest BCUT2D eigenvalue weighted by Crippen LogP contribution is 2.52. The molecule has 7 aromatic rings. The molecule has 0 bridgehead atoms. The largest absolute Gasteiger partial charge is 0.310 e. The molecule has 1 heteroatoms. The predicted molar refractivity (Wildman–Crippen MR) is 225 cm³/mol. The van der Waals surface area contributed by atoms with Crippen molar-refractivity contribution in [3.63, 3.8) is 0 Å². The van der Waals surface area contributed by atoms with Crippen molar-refractivity contribution in [1.82, 2.24) is 0 Å². The fraction of sp³-hybridized carbons (Fsp3) is 0.115. The molecule has 254 valence electrons. The van der Waals surface area contributed by atoms with Gasteiger partial charge in [-0.2, -0.15) is 0 Å². The van der Waals surface area contributed by atoms with Crippen LogP contribution in [-0.4, -0.2) is 0 Å². The van der Waals surface area contributed by atoms with Crippen LogP contribution in [0.25, 0.3) is 50.2 Å². The Bertz CT molecular complexity index is 2670. The molecule has 3 aliphatic carbocycles. The minimum atomic E-state index is -0.0668. The van der Waals surface area contributed by atoms with Crippen LogP contribution in [0, 0.1) is 5.41 Å². The summed E-state index contributed by atoms with van der Waals surface area (Å²) in [5, 5.41) is 2.47. The summed E-state index contributed by atoms with van der Waals surface area (Å²) >= 11 is 0. The molecule has 2 atom stereocenters. The van der Waals surface area contributed by atoms with Gasteiger partial charge in [0.25, 0.3) is 0 Å². The molecule has 0 N–H and O–H groups in total. The average molecular weight is 680 g/mol. The van der Waals surface area contributed by atoms with Gasteiger partial charge in [0.05, 0.1) is 0 Å². The van der Waals surface area contributed by atoms with Crippen molar-refractivity contribution in [2.75, 3.05) is 4.90 Å². The number of anilines is 3. The van der Waals surface area contributed by atoms with Crippen LogP contribution in [0.2, 0.25) is 0 Å². The number of allylic oxidation sites excluding steroid dienone is 5. The van der Waals surface area contributed by atoms with E-state index in [2.05, 4.69) is 214 Å². The van der Waals surface area contributed by atoms with E-state index in [-0.39, 0.29) is 10.8 Å². The normalized spacial score (nSPS) is 18.7. The van der Waals surface area contributed by atoms with Crippen molar-refractivity contribution < 1.29 is 0 Å². The lowest BCUT2D eigenvalue weighted by Crippen LogP contribution is -2.24. The fourth-order valence-electron chi connectivity index (χ4n) is 9.27. The van der Waals surface area contributed by atoms with Gasteiger partial charge in [-0.05, 0) is 109 Å². The third-order valence-electron chi connectivity index (χ3n) is 12.0. The maximum atomic E-state index is 2.40. The second-order valence-corrected chi connectivity index (χ2v) is 15.6. The van der Waals surface area contributed by atoms with Gasteiger partial charge in [-0.3, -0.25) is 0 Å². The molecule has 0 heterocycles. The molecule has 3 aliphatic rings. The standard InChI is InChI=1S/C52H41N/c1-51(2)48-19-7-6-16-46(48)47-18-11-17-45(50(47)51)39-15-10-14-37(32-39)36-21-24-41(25-22-36)53(42-26-23-35-12-4-5-13-38(35)33-42)43-27-28-44-40(34-43)29-31-52(3)30-9-8-20-49(44)52/h4-34,49H,1-3H3. The van der Waals surface area contributed by atoms with E-state index in [0.717, 1.165) is 17.1 Å². The molecule has 0 saturated carbocycles. The molecule has 0 fully saturated rings. The van der Waals surface area contributed by atoms with E-state index >= 15 is 0 Å². The summed E-state index contributed by atoms with van der Waals surface area (Å²) < 4.78 is 0. The van der Waals surface area contributed by atoms with Gasteiger partial charge in [-0.25, -0.2) is 0 Å². The summed E-state index contributed by atoms with van der Waals surface area (Å²) in [7, 11) is 0. The van der Waals surface area contributed by atoms with Gasteiger partial charge in [-0.1, -0.05) is 166 Å². The lowest BCUT2D eigenvalue weighted by molar-refractivity contribution is 0.480. The zero-order valence-electron chi connectivity index (χ0n) is 30.4. The average Bonchev–Trinajstić information content (AvgIpc) is 3.44. The molecule has 53 heavy (non-hydrogen) atoms. The minimum absolute atomic E-state index is 0.0101. The monoisotopic (exact) mass is 679 g/mol. The van der Waals surface area contributed by atoms with Crippen LogP contribution in [0.15, 0.2) is 182 Å². The van der Waals surface area contributed by atoms with Crippen molar-refractivity contribution in [2.24, 2.45) is 5.41 Å². The van der Waals surface area contributed by atoms with Gasteiger partial charge < -0.3 is 4.90 Å². The van der Waals surface area contributed by atoms with E-state index in [1.54, 1.807) is 0 Å². The first-order valence-electron chi connectivity index (χ1n) is 18.8. The first kappa shape index (κ1) is 31.5. The van der Waals surface area contributed by atoms with Crippen molar-refractivity contribution in [3.8, 4) is 33.4 Å². The Hall–Kier alpha value is -6.18. The molecule has 0 spiro atoms. The van der Waals surface area contributed by atoms with Crippen LogP contribution in [0.4, 0.5) is 17.1 Å². The Balaban J connectivity index is 1.04. The maximum Gasteiger partial charge on any atom is 0.0468 e. The van der Waals surface area contributed by atoms with E-state index in [1.165, 1.54) is 66.4 Å². The Morgan fingerprint density at radius 1 is 0.491 bits per heavy atom. The van der Waals surface area contributed by atoms with Crippen LogP contribution in [-0.2, 0) is 5.41 Å². The van der Waals surface area contributed by atoms with Gasteiger partial charge in [0.1, 0.15) is 0 Å². The molecular formula is C52H41N. The third-order valence-corrected chi connectivity index (χ3v) is 12.0. The number of fused-ring (bicyclic) bond motifs is 7. The first-order valence-corrected chi connectivity index (χ1v) is 18.8. The van der Waals surface area contributed by atoms with Gasteiger partial charge in [-0.15, -0.1) is 0 Å². The fourth-order valence-corrected chi connectivity index (χ4v) is 9.27. The number of hydrogen-bond donors (Lipinski definition) is 0. The summed E-state index contributed by atoms with van der Waals surface area (Å²) in [5.74, 6) is 0.337. The van der Waals surface area contributed by atoms with Crippen molar-refractivity contribution in [1.29, 1.82) is 0 Å². The molecule has 2 unspecified atom stereocenters. The summed E-state index contributed by atoms with van der Waals surface area (Å²) in [6.45, 7) is 7.06. The smallest absolute Gasteiger partial charge is 0.0468 e. The third kappa shape index (κ3) is 5.06. The zero-order chi connectivity index (χ0) is 35.7. The van der Waals surface area contributed by atoms with Gasteiger partial charge in [0.2, 0.25) is 0 Å². The first-order chi connectivity index (χ1) is 25.9. The molecule has 10 rings (SSSR count). The number of benzene rings is 7. The Labute approximate surface area is 312 Å². The lowest BCUT2D eigenvalue weighted by Gasteiger charge is -2.37. The van der Waals surface area contributed by atoms with Crippen LogP contribution in [0.5, 0.6) is 0 Å². The molecule has 0 radical (unpaired) electrons. The van der Waals surface area contributed by atoms with Gasteiger partial charge in [0, 0.05) is 33.8 Å². The van der Waals surface area contributed by atoms with Crippen LogP contribution in [0.1, 0.15) is 48.9 Å². The SMILES string of the molecule is CC1(C)c2ccccc2-c2cccc(-c3cccc(-c4ccc(N(c5ccc6c(c5)C=CC5(C)C=CC=CC65)c5ccc6ccccc6c5)cc4)c3)c21. The van der Waals surface area contributed by atoms with E-state index in [0.29, 0.717) is 5.92 Å². The second-order valence-electron chi connectivity index (χ2n) is 15.6. The van der Waals surface area contributed by atoms with E-state index in [1.807, 2.05) is 0 Å². The highest BCUT2D eigenvalue weighted by molar-refractivity contribution is 5.91. The number of hydrogen-bond acceptors (Lipinski definition) is 1. The number of nitrogens with zero attached hydrogens (tertiary/aromatic N) is 1. The van der Waals surface area contributed by atoms with Crippen molar-refractivity contribution >= 4 is 33.9 Å². The lowest BCUT2D eigenvalue weighted by atomic mass is 9.67. The Morgan fingerprint density at radius 2 is 1.19 bits per heavy atom. The van der Waals surface area contributed by atoms with Crippen LogP contribution < -0.4 is 4.90 Å². The van der Waals surface area contributed by atoms with Crippen LogP contribution >= 0.6 is 0 Å². The highest BCUT2D eigenvalue weighted by Gasteiger charge is 2.37. The highest BCUT2D eigenvalue weighted by atomic mass is 15.1. The molecule has 0 aliphatic heterocycles. The Morgan fingerprint density at radius 3 is 2.08 bits per heavy atom. The van der Waals surface area contributed by atoms with Crippen molar-refractivity contribution in [3.05, 3.63) is 204 Å². The molecule has 0 aromatic heterocycles. The van der Waals surface area contributed by atoms with Gasteiger partial charge in [0.15, 0.2) is 0 Å². The molecular weight excluding hydrogens is 639 g/mol. The van der Waals surface area contributed by atoms with Crippen LogP contribution in [0.3, 0.4) is 0 Å². The molecule has 0 saturated heterocycles. The van der Waals surface area contributed by atoms with Crippen molar-refractivity contribution in [2.45, 2.75) is 32.1 Å². The predicted octanol–water partition coefficient (Wildman–Crippen LogP) is 14.2. The van der Waals surface area contributed by atoms with Gasteiger partial charge >= 0.3 is 0 Å². The quantitative estimate of drug-likeness (QED) is 0.175. The van der Waals surface area contributed by atoms with E-state index < -0.39 is 0 Å². The second kappa shape index (κ2) is 11.9. The topological polar surface area (TPSA) is 3.24 Å². The summed E-state index contributed by atoms with van der Waals surface area (Å²) in [5.41, 5.74) is 16.5. The zero-order valence-corrected chi connectivity index (χ0v) is 30.4. The maximum absolute atomic E-state index is 2.40. The molecule has 1 nitrogen and oxygen atoms in total. The molecule has 7 aromatic carbocycles. The van der Waals surface area contributed by atoms with E-state index in [9.17, 15) is 0 Å². The summed E-state index contributed by atoms with van der Waals surface area (Å²) in [6, 6.07) is 56.3. The minimum Gasteiger partial charge on any atom is -0.310 e. The Kier molecular flexibility index (Phi) is 7.10. The molecule has 0 amide bonds.